The number of benzene rings is 1. The topological polar surface area (TPSA) is 77.8 Å². The molecule has 0 saturated heterocycles. The van der Waals surface area contributed by atoms with Gasteiger partial charge in [-0.3, -0.25) is 4.79 Å². The number of hydrogen-bond donors (Lipinski definition) is 3. The fraction of sp³-hybridized carbons (Fsp3) is 0.300. The van der Waals surface area contributed by atoms with Crippen LogP contribution in [0.15, 0.2) is 18.2 Å². The van der Waals surface area contributed by atoms with Crippen LogP contribution in [0.2, 0.25) is 0 Å². The SMILES string of the molecule is Cc1ccc(C(=O)C(O)CO)cc1O. The van der Waals surface area contributed by atoms with Gasteiger partial charge in [0.15, 0.2) is 5.78 Å². The number of phenolic OH excluding ortho intramolecular Hbond substituents is 1. The van der Waals surface area contributed by atoms with E-state index in [0.29, 0.717) is 5.56 Å². The molecule has 0 aliphatic rings. The standard InChI is InChI=1S/C10H12O4/c1-6-2-3-7(4-8(6)12)10(14)9(13)5-11/h2-4,9,11-13H,5H2,1H3. The molecule has 1 atom stereocenters. The number of aliphatic hydroxyl groups excluding tert-OH is 2. The molecule has 1 unspecified atom stereocenters. The molecule has 1 aromatic carbocycles. The summed E-state index contributed by atoms with van der Waals surface area (Å²) in [6, 6.07) is 4.35. The van der Waals surface area contributed by atoms with Crippen LogP contribution >= 0.6 is 0 Å². The Kier molecular flexibility index (Phi) is 3.22. The first kappa shape index (κ1) is 10.7. The molecule has 0 heterocycles. The third-order valence-corrected chi connectivity index (χ3v) is 1.97. The summed E-state index contributed by atoms with van der Waals surface area (Å²) in [5.74, 6) is -0.594. The molecule has 0 fully saturated rings. The van der Waals surface area contributed by atoms with Gasteiger partial charge in [0.1, 0.15) is 11.9 Å². The summed E-state index contributed by atoms with van der Waals surface area (Å²) in [5.41, 5.74) is 0.842. The van der Waals surface area contributed by atoms with Gasteiger partial charge in [-0.1, -0.05) is 12.1 Å². The molecule has 0 bridgehead atoms. The van der Waals surface area contributed by atoms with Gasteiger partial charge in [-0.2, -0.15) is 0 Å². The van der Waals surface area contributed by atoms with Crippen LogP contribution < -0.4 is 0 Å². The molecule has 4 nitrogen and oxygen atoms in total. The van der Waals surface area contributed by atoms with Crippen molar-refractivity contribution in [3.05, 3.63) is 29.3 Å². The van der Waals surface area contributed by atoms with E-state index in [4.69, 9.17) is 10.2 Å². The fourth-order valence-corrected chi connectivity index (χ4v) is 1.04. The van der Waals surface area contributed by atoms with Crippen molar-refractivity contribution in [1.29, 1.82) is 0 Å². The average Bonchev–Trinajstić information content (AvgIpc) is 2.20. The number of aryl methyl sites for hydroxylation is 1. The second kappa shape index (κ2) is 4.21. The Hall–Kier alpha value is -1.39. The Balaban J connectivity index is 2.97. The number of aliphatic hydroxyl groups is 2. The highest BCUT2D eigenvalue weighted by Crippen LogP contribution is 2.18. The van der Waals surface area contributed by atoms with Crippen LogP contribution in [-0.2, 0) is 0 Å². The second-order valence-electron chi connectivity index (χ2n) is 3.06. The number of Topliss-reactive ketones (excluding diaryl/α,β-unsaturated/α-hetero) is 1. The number of carbonyl (C=O) groups excluding carboxylic acids is 1. The van der Waals surface area contributed by atoms with Gasteiger partial charge in [0, 0.05) is 5.56 Å². The number of aromatic hydroxyl groups is 1. The molecule has 1 rings (SSSR count). The van der Waals surface area contributed by atoms with Crippen molar-refractivity contribution in [3.8, 4) is 5.75 Å². The lowest BCUT2D eigenvalue weighted by molar-refractivity contribution is 0.0587. The van der Waals surface area contributed by atoms with Gasteiger partial charge >= 0.3 is 0 Å². The van der Waals surface area contributed by atoms with E-state index in [1.165, 1.54) is 12.1 Å². The maximum absolute atomic E-state index is 11.3. The quantitative estimate of drug-likeness (QED) is 0.605. The first-order valence-corrected chi connectivity index (χ1v) is 4.19. The van der Waals surface area contributed by atoms with Gasteiger partial charge in [-0.05, 0) is 18.6 Å². The molecular weight excluding hydrogens is 184 g/mol. The molecule has 0 aliphatic heterocycles. The van der Waals surface area contributed by atoms with E-state index >= 15 is 0 Å². The lowest BCUT2D eigenvalue weighted by Crippen LogP contribution is -2.24. The molecule has 0 amide bonds. The van der Waals surface area contributed by atoms with E-state index in [-0.39, 0.29) is 11.3 Å². The number of hydrogen-bond acceptors (Lipinski definition) is 4. The molecule has 3 N–H and O–H groups in total. The predicted octanol–water partition coefficient (Wildman–Crippen LogP) is 0.237. The van der Waals surface area contributed by atoms with Crippen molar-refractivity contribution >= 4 is 5.78 Å². The predicted molar refractivity (Wildman–Crippen MR) is 50.3 cm³/mol. The first-order chi connectivity index (χ1) is 6.56. The van der Waals surface area contributed by atoms with E-state index in [1.54, 1.807) is 13.0 Å². The maximum Gasteiger partial charge on any atom is 0.193 e. The van der Waals surface area contributed by atoms with Gasteiger partial charge < -0.3 is 15.3 Å². The van der Waals surface area contributed by atoms with Crippen molar-refractivity contribution in [2.24, 2.45) is 0 Å². The lowest BCUT2D eigenvalue weighted by Gasteiger charge is -2.07. The van der Waals surface area contributed by atoms with Crippen molar-refractivity contribution in [3.63, 3.8) is 0 Å². The van der Waals surface area contributed by atoms with Gasteiger partial charge in [-0.15, -0.1) is 0 Å². The summed E-state index contributed by atoms with van der Waals surface area (Å²) in [7, 11) is 0. The van der Waals surface area contributed by atoms with E-state index in [2.05, 4.69) is 0 Å². The van der Waals surface area contributed by atoms with Crippen LogP contribution in [0.25, 0.3) is 0 Å². The van der Waals surface area contributed by atoms with Gasteiger partial charge in [0.2, 0.25) is 0 Å². The summed E-state index contributed by atoms with van der Waals surface area (Å²) in [4.78, 5) is 11.3. The number of rotatable bonds is 3. The molecule has 0 aliphatic carbocycles. The Morgan fingerprint density at radius 2 is 2.14 bits per heavy atom. The highest BCUT2D eigenvalue weighted by atomic mass is 16.3. The van der Waals surface area contributed by atoms with Crippen LogP contribution in [0, 0.1) is 6.92 Å². The van der Waals surface area contributed by atoms with Crippen LogP contribution in [0.3, 0.4) is 0 Å². The van der Waals surface area contributed by atoms with Crippen LogP contribution in [0.4, 0.5) is 0 Å². The molecule has 0 spiro atoms. The minimum absolute atomic E-state index is 0.000916. The summed E-state index contributed by atoms with van der Waals surface area (Å²) in [5, 5.41) is 26.9. The zero-order valence-corrected chi connectivity index (χ0v) is 7.77. The smallest absolute Gasteiger partial charge is 0.193 e. The third-order valence-electron chi connectivity index (χ3n) is 1.97. The third kappa shape index (κ3) is 2.10. The number of ketones is 1. The molecule has 76 valence electrons. The minimum Gasteiger partial charge on any atom is -0.508 e. The van der Waals surface area contributed by atoms with E-state index in [0.717, 1.165) is 0 Å². The Bertz CT molecular complexity index is 346. The number of carbonyl (C=O) groups is 1. The highest BCUT2D eigenvalue weighted by molar-refractivity contribution is 5.99. The highest BCUT2D eigenvalue weighted by Gasteiger charge is 2.16. The molecule has 14 heavy (non-hydrogen) atoms. The Morgan fingerprint density at radius 1 is 1.50 bits per heavy atom. The summed E-state index contributed by atoms with van der Waals surface area (Å²) in [6.45, 7) is 1.08. The van der Waals surface area contributed by atoms with Gasteiger partial charge in [0.05, 0.1) is 6.61 Å². The minimum atomic E-state index is -1.42. The van der Waals surface area contributed by atoms with Crippen molar-refractivity contribution in [2.75, 3.05) is 6.61 Å². The summed E-state index contributed by atoms with van der Waals surface area (Å²) in [6.07, 6.45) is -1.42. The summed E-state index contributed by atoms with van der Waals surface area (Å²) >= 11 is 0. The van der Waals surface area contributed by atoms with Crippen LogP contribution in [0.5, 0.6) is 5.75 Å². The molecule has 4 heteroatoms. The normalized spacial score (nSPS) is 12.5. The first-order valence-electron chi connectivity index (χ1n) is 4.19. The molecule has 1 aromatic rings. The van der Waals surface area contributed by atoms with Crippen molar-refractivity contribution < 1.29 is 20.1 Å². The van der Waals surface area contributed by atoms with E-state index < -0.39 is 18.5 Å². The van der Waals surface area contributed by atoms with Crippen LogP contribution in [-0.4, -0.2) is 33.8 Å². The Labute approximate surface area is 81.4 Å². The van der Waals surface area contributed by atoms with E-state index in [1.807, 2.05) is 0 Å². The second-order valence-corrected chi connectivity index (χ2v) is 3.06. The zero-order valence-electron chi connectivity index (χ0n) is 7.77. The van der Waals surface area contributed by atoms with E-state index in [9.17, 15) is 9.90 Å². The molecule has 0 saturated carbocycles. The molecular formula is C10H12O4. The fourth-order valence-electron chi connectivity index (χ4n) is 1.04. The van der Waals surface area contributed by atoms with Crippen molar-refractivity contribution in [2.45, 2.75) is 13.0 Å². The van der Waals surface area contributed by atoms with Gasteiger partial charge in [-0.25, -0.2) is 0 Å². The zero-order chi connectivity index (χ0) is 10.7. The van der Waals surface area contributed by atoms with Crippen LogP contribution in [0.1, 0.15) is 15.9 Å². The van der Waals surface area contributed by atoms with Gasteiger partial charge in [0.25, 0.3) is 0 Å². The lowest BCUT2D eigenvalue weighted by atomic mass is 10.0. The Morgan fingerprint density at radius 3 is 2.64 bits per heavy atom. The summed E-state index contributed by atoms with van der Waals surface area (Å²) < 4.78 is 0. The maximum atomic E-state index is 11.3. The molecule has 0 radical (unpaired) electrons. The van der Waals surface area contributed by atoms with Crippen molar-refractivity contribution in [1.82, 2.24) is 0 Å². The average molecular weight is 196 g/mol. The largest absolute Gasteiger partial charge is 0.508 e. The monoisotopic (exact) mass is 196 g/mol. The number of phenols is 1. The molecule has 0 aromatic heterocycles.